The minimum Gasteiger partial charge on any atom is -0.481 e. The molecule has 0 radical (unpaired) electrons. The standard InChI is InChI=1S/C12H19N3O2/c1-3-14-11(16)7-8-13-9-10-5-4-6-12(15-10)17-2/h4-6,13H,3,7-9H2,1-2H3,(H,14,16). The van der Waals surface area contributed by atoms with Gasteiger partial charge in [-0.3, -0.25) is 4.79 Å². The molecule has 0 saturated heterocycles. The second-order valence-corrected chi connectivity index (χ2v) is 3.55. The summed E-state index contributed by atoms with van der Waals surface area (Å²) in [6.45, 7) is 3.86. The van der Waals surface area contributed by atoms with Crippen LogP contribution in [0.15, 0.2) is 18.2 Å². The zero-order valence-corrected chi connectivity index (χ0v) is 10.3. The largest absolute Gasteiger partial charge is 0.481 e. The first-order chi connectivity index (χ1) is 8.26. The Morgan fingerprint density at radius 3 is 3.00 bits per heavy atom. The first kappa shape index (κ1) is 13.4. The Labute approximate surface area is 102 Å². The quantitative estimate of drug-likeness (QED) is 0.685. The highest BCUT2D eigenvalue weighted by Gasteiger charge is 2.00. The predicted octanol–water partition coefficient (Wildman–Crippen LogP) is 0.706. The molecular weight excluding hydrogens is 218 g/mol. The van der Waals surface area contributed by atoms with E-state index in [1.54, 1.807) is 13.2 Å². The van der Waals surface area contributed by atoms with Crippen molar-refractivity contribution in [1.29, 1.82) is 0 Å². The summed E-state index contributed by atoms with van der Waals surface area (Å²) >= 11 is 0. The number of carbonyl (C=O) groups is 1. The molecule has 5 heteroatoms. The summed E-state index contributed by atoms with van der Waals surface area (Å²) in [5, 5.41) is 5.91. The number of ether oxygens (including phenoxy) is 1. The first-order valence-electron chi connectivity index (χ1n) is 5.73. The van der Waals surface area contributed by atoms with Gasteiger partial charge in [-0.2, -0.15) is 0 Å². The minimum absolute atomic E-state index is 0.0681. The van der Waals surface area contributed by atoms with Gasteiger partial charge in [0.05, 0.1) is 12.8 Å². The monoisotopic (exact) mass is 237 g/mol. The number of rotatable bonds is 7. The van der Waals surface area contributed by atoms with Gasteiger partial charge in [-0.15, -0.1) is 0 Å². The maximum absolute atomic E-state index is 11.2. The molecule has 17 heavy (non-hydrogen) atoms. The molecule has 1 heterocycles. The van der Waals surface area contributed by atoms with E-state index in [2.05, 4.69) is 15.6 Å². The molecule has 0 saturated carbocycles. The SMILES string of the molecule is CCNC(=O)CCNCc1cccc(OC)n1. The number of hydrogen-bond acceptors (Lipinski definition) is 4. The fourth-order valence-electron chi connectivity index (χ4n) is 1.37. The molecule has 0 atom stereocenters. The molecular formula is C12H19N3O2. The number of hydrogen-bond donors (Lipinski definition) is 2. The Balaban J connectivity index is 2.24. The van der Waals surface area contributed by atoms with Crippen molar-refractivity contribution in [3.05, 3.63) is 23.9 Å². The molecule has 0 spiro atoms. The minimum atomic E-state index is 0.0681. The maximum Gasteiger partial charge on any atom is 0.221 e. The van der Waals surface area contributed by atoms with Crippen LogP contribution in [-0.4, -0.2) is 31.1 Å². The first-order valence-corrected chi connectivity index (χ1v) is 5.73. The van der Waals surface area contributed by atoms with Gasteiger partial charge in [-0.1, -0.05) is 6.07 Å². The molecule has 1 rings (SSSR count). The summed E-state index contributed by atoms with van der Waals surface area (Å²) in [5.74, 6) is 0.673. The van der Waals surface area contributed by atoms with Crippen LogP contribution in [0.4, 0.5) is 0 Å². The Kier molecular flexibility index (Phi) is 6.03. The second kappa shape index (κ2) is 7.62. The van der Waals surface area contributed by atoms with Gasteiger partial charge in [0.25, 0.3) is 0 Å². The lowest BCUT2D eigenvalue weighted by Crippen LogP contribution is -2.27. The van der Waals surface area contributed by atoms with Crippen LogP contribution in [0.3, 0.4) is 0 Å². The normalized spacial score (nSPS) is 10.0. The van der Waals surface area contributed by atoms with Crippen LogP contribution >= 0.6 is 0 Å². The summed E-state index contributed by atoms with van der Waals surface area (Å²) in [7, 11) is 1.59. The predicted molar refractivity (Wildman–Crippen MR) is 65.8 cm³/mol. The van der Waals surface area contributed by atoms with Gasteiger partial charge in [0.15, 0.2) is 0 Å². The van der Waals surface area contributed by atoms with E-state index in [9.17, 15) is 4.79 Å². The highest BCUT2D eigenvalue weighted by atomic mass is 16.5. The topological polar surface area (TPSA) is 63.2 Å². The average molecular weight is 237 g/mol. The van der Waals surface area contributed by atoms with Crippen LogP contribution in [0, 0.1) is 0 Å². The van der Waals surface area contributed by atoms with E-state index in [-0.39, 0.29) is 5.91 Å². The Hall–Kier alpha value is -1.62. The van der Waals surface area contributed by atoms with Crippen molar-refractivity contribution in [2.24, 2.45) is 0 Å². The molecule has 1 aromatic rings. The van der Waals surface area contributed by atoms with E-state index < -0.39 is 0 Å². The van der Waals surface area contributed by atoms with Gasteiger partial charge in [-0.05, 0) is 13.0 Å². The molecule has 0 aliphatic carbocycles. The molecule has 0 unspecified atom stereocenters. The fraction of sp³-hybridized carbons (Fsp3) is 0.500. The van der Waals surface area contributed by atoms with Crippen LogP contribution in [-0.2, 0) is 11.3 Å². The van der Waals surface area contributed by atoms with Crippen LogP contribution in [0.5, 0.6) is 5.88 Å². The average Bonchev–Trinajstić information content (AvgIpc) is 2.35. The van der Waals surface area contributed by atoms with Crippen molar-refractivity contribution in [2.75, 3.05) is 20.2 Å². The van der Waals surface area contributed by atoms with Crippen molar-refractivity contribution >= 4 is 5.91 Å². The van der Waals surface area contributed by atoms with Gasteiger partial charge >= 0.3 is 0 Å². The Morgan fingerprint density at radius 2 is 2.29 bits per heavy atom. The Morgan fingerprint density at radius 1 is 1.47 bits per heavy atom. The summed E-state index contributed by atoms with van der Waals surface area (Å²) in [5.41, 5.74) is 0.903. The summed E-state index contributed by atoms with van der Waals surface area (Å²) in [4.78, 5) is 15.4. The van der Waals surface area contributed by atoms with E-state index in [0.29, 0.717) is 31.9 Å². The molecule has 0 aliphatic heterocycles. The number of nitrogens with one attached hydrogen (secondary N) is 2. The molecule has 94 valence electrons. The summed E-state index contributed by atoms with van der Waals surface area (Å²) in [6.07, 6.45) is 0.484. The van der Waals surface area contributed by atoms with E-state index >= 15 is 0 Å². The van der Waals surface area contributed by atoms with Gasteiger partial charge in [0.1, 0.15) is 0 Å². The van der Waals surface area contributed by atoms with Crippen LogP contribution in [0.2, 0.25) is 0 Å². The lowest BCUT2D eigenvalue weighted by atomic mass is 10.3. The van der Waals surface area contributed by atoms with Crippen molar-refractivity contribution in [3.63, 3.8) is 0 Å². The number of carbonyl (C=O) groups excluding carboxylic acids is 1. The third-order valence-electron chi connectivity index (χ3n) is 2.20. The van der Waals surface area contributed by atoms with E-state index in [1.165, 1.54) is 0 Å². The molecule has 0 bridgehead atoms. The third-order valence-corrected chi connectivity index (χ3v) is 2.20. The number of amides is 1. The molecule has 2 N–H and O–H groups in total. The highest BCUT2D eigenvalue weighted by Crippen LogP contribution is 2.05. The summed E-state index contributed by atoms with van der Waals surface area (Å²) in [6, 6.07) is 5.62. The van der Waals surface area contributed by atoms with Gasteiger partial charge < -0.3 is 15.4 Å². The number of nitrogens with zero attached hydrogens (tertiary/aromatic N) is 1. The fourth-order valence-corrected chi connectivity index (χ4v) is 1.37. The van der Waals surface area contributed by atoms with Gasteiger partial charge in [0.2, 0.25) is 11.8 Å². The zero-order chi connectivity index (χ0) is 12.5. The lowest BCUT2D eigenvalue weighted by molar-refractivity contribution is -0.120. The van der Waals surface area contributed by atoms with E-state index in [4.69, 9.17) is 4.74 Å². The van der Waals surface area contributed by atoms with Crippen molar-refractivity contribution in [3.8, 4) is 5.88 Å². The molecule has 0 aromatic carbocycles. The van der Waals surface area contributed by atoms with Crippen molar-refractivity contribution in [2.45, 2.75) is 19.9 Å². The molecule has 1 amide bonds. The van der Waals surface area contributed by atoms with E-state index in [1.807, 2.05) is 19.1 Å². The zero-order valence-electron chi connectivity index (χ0n) is 10.3. The summed E-state index contributed by atoms with van der Waals surface area (Å²) < 4.78 is 5.03. The maximum atomic E-state index is 11.2. The second-order valence-electron chi connectivity index (χ2n) is 3.55. The number of aromatic nitrogens is 1. The lowest BCUT2D eigenvalue weighted by Gasteiger charge is -2.05. The smallest absolute Gasteiger partial charge is 0.221 e. The number of methoxy groups -OCH3 is 1. The van der Waals surface area contributed by atoms with Gasteiger partial charge in [0, 0.05) is 32.1 Å². The van der Waals surface area contributed by atoms with Crippen LogP contribution < -0.4 is 15.4 Å². The highest BCUT2D eigenvalue weighted by molar-refractivity contribution is 5.75. The van der Waals surface area contributed by atoms with Crippen LogP contribution in [0.1, 0.15) is 19.0 Å². The molecule has 1 aromatic heterocycles. The van der Waals surface area contributed by atoms with Crippen molar-refractivity contribution in [1.82, 2.24) is 15.6 Å². The van der Waals surface area contributed by atoms with Crippen LogP contribution in [0.25, 0.3) is 0 Å². The van der Waals surface area contributed by atoms with Gasteiger partial charge in [-0.25, -0.2) is 4.98 Å². The Bertz CT molecular complexity index is 355. The third kappa shape index (κ3) is 5.31. The number of pyridine rings is 1. The van der Waals surface area contributed by atoms with E-state index in [0.717, 1.165) is 5.69 Å². The van der Waals surface area contributed by atoms with Crippen molar-refractivity contribution < 1.29 is 9.53 Å². The molecule has 5 nitrogen and oxygen atoms in total. The molecule has 0 fully saturated rings. The molecule has 0 aliphatic rings.